The van der Waals surface area contributed by atoms with Gasteiger partial charge >= 0.3 is 0 Å². The largest absolute Gasteiger partial charge is 0.396 e. The summed E-state index contributed by atoms with van der Waals surface area (Å²) in [7, 11) is 2.77. The topological polar surface area (TPSA) is 20.2 Å². The van der Waals surface area contributed by atoms with Gasteiger partial charge in [0.25, 0.3) is 0 Å². The number of unbranched alkanes of at least 4 members (excludes halogenated alkanes) is 8. The van der Waals surface area contributed by atoms with Crippen LogP contribution in [0.15, 0.2) is 0 Å². The number of aliphatic hydroxyl groups is 1. The Morgan fingerprint density at radius 3 is 1.50 bits per heavy atom. The molecule has 0 bridgehead atoms. The fraction of sp³-hybridized carbons (Fsp3) is 1.00. The van der Waals surface area contributed by atoms with Crippen LogP contribution in [-0.2, 0) is 0 Å². The van der Waals surface area contributed by atoms with E-state index in [1.54, 1.807) is 0 Å². The maximum absolute atomic E-state index is 8.37. The minimum atomic E-state index is 0.365. The molecule has 0 saturated carbocycles. The zero-order valence-corrected chi connectivity index (χ0v) is 12.7. The van der Waals surface area contributed by atoms with Crippen LogP contribution in [0.2, 0.25) is 0 Å². The Balaban J connectivity index is 0. The molecule has 0 heterocycles. The molecule has 1 N–H and O–H groups in total. The van der Waals surface area contributed by atoms with E-state index in [2.05, 4.69) is 23.1 Å². The minimum absolute atomic E-state index is 0.365. The molecule has 0 amide bonds. The zero-order chi connectivity index (χ0) is 12.5. The number of aliphatic hydroxyl groups excluding tert-OH is 1. The lowest BCUT2D eigenvalue weighted by molar-refractivity contribution is 0.282. The van der Waals surface area contributed by atoms with Crippen molar-refractivity contribution in [3.05, 3.63) is 0 Å². The van der Waals surface area contributed by atoms with Crippen molar-refractivity contribution in [2.75, 3.05) is 12.8 Å². The average Bonchev–Trinajstić information content (AvgIpc) is 2.31. The van der Waals surface area contributed by atoms with Crippen molar-refractivity contribution in [3.8, 4) is 0 Å². The SMILES string of the molecule is CCCCCCCO.CCCCCCCP. The third kappa shape index (κ3) is 23.9. The monoisotopic (exact) mass is 248 g/mol. The summed E-state index contributed by atoms with van der Waals surface area (Å²) in [5.74, 6) is 0. The molecule has 0 aromatic heterocycles. The molecule has 1 unspecified atom stereocenters. The van der Waals surface area contributed by atoms with E-state index < -0.39 is 0 Å². The molecule has 1 nitrogen and oxygen atoms in total. The van der Waals surface area contributed by atoms with Crippen LogP contribution >= 0.6 is 9.24 Å². The first-order valence-corrected chi connectivity index (χ1v) is 7.96. The molecule has 1 atom stereocenters. The summed E-state index contributed by atoms with van der Waals surface area (Å²) in [5.41, 5.74) is 0. The summed E-state index contributed by atoms with van der Waals surface area (Å²) >= 11 is 0. The summed E-state index contributed by atoms with van der Waals surface area (Å²) in [5, 5.41) is 8.37. The Morgan fingerprint density at radius 1 is 0.688 bits per heavy atom. The van der Waals surface area contributed by atoms with Crippen molar-refractivity contribution < 1.29 is 5.11 Å². The molecular formula is C14H33OP. The normalized spacial score (nSPS) is 9.75. The van der Waals surface area contributed by atoms with Gasteiger partial charge in [0.15, 0.2) is 0 Å². The van der Waals surface area contributed by atoms with Crippen LogP contribution in [0.3, 0.4) is 0 Å². The van der Waals surface area contributed by atoms with Crippen molar-refractivity contribution in [3.63, 3.8) is 0 Å². The summed E-state index contributed by atoms with van der Waals surface area (Å²) in [6, 6.07) is 0. The lowest BCUT2D eigenvalue weighted by Gasteiger charge is -1.93. The molecular weight excluding hydrogens is 215 g/mol. The molecule has 0 aromatic rings. The second kappa shape index (κ2) is 20.8. The third-order valence-electron chi connectivity index (χ3n) is 2.57. The highest BCUT2D eigenvalue weighted by molar-refractivity contribution is 7.16. The molecule has 0 aliphatic carbocycles. The summed E-state index contributed by atoms with van der Waals surface area (Å²) in [6.07, 6.45) is 14.4. The highest BCUT2D eigenvalue weighted by Crippen LogP contribution is 2.03. The first-order valence-electron chi connectivity index (χ1n) is 7.14. The zero-order valence-electron chi connectivity index (χ0n) is 11.5. The molecule has 0 aromatic carbocycles. The van der Waals surface area contributed by atoms with E-state index in [1.807, 2.05) is 0 Å². The molecule has 0 fully saturated rings. The molecule has 0 aliphatic rings. The Bertz CT molecular complexity index is 72.7. The molecule has 2 heteroatoms. The first-order chi connectivity index (χ1) is 7.83. The maximum atomic E-state index is 8.37. The summed E-state index contributed by atoms with van der Waals surface area (Å²) in [6.45, 7) is 4.81. The van der Waals surface area contributed by atoms with Gasteiger partial charge in [-0.05, 0) is 19.0 Å². The van der Waals surface area contributed by atoms with Crippen molar-refractivity contribution in [1.82, 2.24) is 0 Å². The smallest absolute Gasteiger partial charge is 0.0431 e. The van der Waals surface area contributed by atoms with Crippen LogP contribution in [0, 0.1) is 0 Å². The summed E-state index contributed by atoms with van der Waals surface area (Å²) in [4.78, 5) is 0. The van der Waals surface area contributed by atoms with Gasteiger partial charge in [0.1, 0.15) is 0 Å². The van der Waals surface area contributed by atoms with E-state index in [-0.39, 0.29) is 0 Å². The molecule has 100 valence electrons. The van der Waals surface area contributed by atoms with Crippen LogP contribution in [0.25, 0.3) is 0 Å². The fourth-order valence-electron chi connectivity index (χ4n) is 1.46. The minimum Gasteiger partial charge on any atom is -0.396 e. The van der Waals surface area contributed by atoms with Gasteiger partial charge in [-0.1, -0.05) is 65.2 Å². The van der Waals surface area contributed by atoms with Gasteiger partial charge in [-0.15, -0.1) is 9.24 Å². The van der Waals surface area contributed by atoms with Crippen molar-refractivity contribution in [1.29, 1.82) is 0 Å². The van der Waals surface area contributed by atoms with Gasteiger partial charge in [0.2, 0.25) is 0 Å². The van der Waals surface area contributed by atoms with Crippen molar-refractivity contribution in [2.45, 2.75) is 78.1 Å². The number of hydrogen-bond donors (Lipinski definition) is 1. The fourth-order valence-corrected chi connectivity index (χ4v) is 1.75. The Labute approximate surface area is 106 Å². The highest BCUT2D eigenvalue weighted by Gasteiger charge is 1.84. The quantitative estimate of drug-likeness (QED) is 0.435. The van der Waals surface area contributed by atoms with Gasteiger partial charge in [-0.3, -0.25) is 0 Å². The van der Waals surface area contributed by atoms with E-state index in [0.29, 0.717) is 6.61 Å². The van der Waals surface area contributed by atoms with Gasteiger partial charge in [0.05, 0.1) is 0 Å². The third-order valence-corrected chi connectivity index (χ3v) is 2.98. The predicted octanol–water partition coefficient (Wildman–Crippen LogP) is 4.78. The number of rotatable bonds is 10. The van der Waals surface area contributed by atoms with E-state index in [4.69, 9.17) is 5.11 Å². The lowest BCUT2D eigenvalue weighted by Crippen LogP contribution is -1.81. The van der Waals surface area contributed by atoms with E-state index >= 15 is 0 Å². The molecule has 0 saturated heterocycles. The highest BCUT2D eigenvalue weighted by atomic mass is 31.0. The molecule has 16 heavy (non-hydrogen) atoms. The van der Waals surface area contributed by atoms with Crippen LogP contribution in [0.1, 0.15) is 78.1 Å². The van der Waals surface area contributed by atoms with Crippen molar-refractivity contribution >= 4 is 9.24 Å². The standard InChI is InChI=1S/C7H16O.C7H17P/c2*1-2-3-4-5-6-7-8/h8H,2-7H2,1H3;2-8H2,1H3. The Morgan fingerprint density at radius 2 is 1.12 bits per heavy atom. The van der Waals surface area contributed by atoms with Gasteiger partial charge < -0.3 is 5.11 Å². The molecule has 0 aliphatic heterocycles. The van der Waals surface area contributed by atoms with Gasteiger partial charge in [-0.2, -0.15) is 0 Å². The van der Waals surface area contributed by atoms with E-state index in [1.165, 1.54) is 63.9 Å². The molecule has 0 rings (SSSR count). The van der Waals surface area contributed by atoms with Crippen LogP contribution in [0.5, 0.6) is 0 Å². The average molecular weight is 248 g/mol. The molecule has 0 spiro atoms. The van der Waals surface area contributed by atoms with Crippen LogP contribution in [0.4, 0.5) is 0 Å². The first kappa shape index (κ1) is 18.7. The van der Waals surface area contributed by atoms with E-state index in [9.17, 15) is 0 Å². The van der Waals surface area contributed by atoms with E-state index in [0.717, 1.165) is 6.42 Å². The van der Waals surface area contributed by atoms with Gasteiger partial charge in [0, 0.05) is 6.61 Å². The Hall–Kier alpha value is 0.390. The van der Waals surface area contributed by atoms with Crippen LogP contribution < -0.4 is 0 Å². The van der Waals surface area contributed by atoms with Crippen LogP contribution in [-0.4, -0.2) is 17.9 Å². The van der Waals surface area contributed by atoms with Crippen molar-refractivity contribution in [2.24, 2.45) is 0 Å². The lowest BCUT2D eigenvalue weighted by atomic mass is 10.2. The predicted molar refractivity (Wildman–Crippen MR) is 79.2 cm³/mol. The second-order valence-electron chi connectivity index (χ2n) is 4.34. The molecule has 0 radical (unpaired) electrons. The van der Waals surface area contributed by atoms with Gasteiger partial charge in [-0.25, -0.2) is 0 Å². The second-order valence-corrected chi connectivity index (χ2v) is 4.92. The number of hydrogen-bond acceptors (Lipinski definition) is 1. The Kier molecular flexibility index (Phi) is 24.3. The maximum Gasteiger partial charge on any atom is 0.0431 e. The summed E-state index contributed by atoms with van der Waals surface area (Å²) < 4.78 is 0.